The maximum atomic E-state index is 14.2. The number of nitrogens with one attached hydrogen (secondary N) is 1. The highest BCUT2D eigenvalue weighted by atomic mass is 35.5. The Balaban J connectivity index is 1.40. The summed E-state index contributed by atoms with van der Waals surface area (Å²) in [5.41, 5.74) is 1.64. The van der Waals surface area contributed by atoms with E-state index in [1.807, 2.05) is 73.7 Å². The van der Waals surface area contributed by atoms with E-state index < -0.39 is 17.4 Å². The molecule has 3 aliphatic rings. The molecule has 0 unspecified atom stereocenters. The van der Waals surface area contributed by atoms with Gasteiger partial charge < -0.3 is 4.90 Å². The lowest BCUT2D eigenvalue weighted by Gasteiger charge is -2.30. The van der Waals surface area contributed by atoms with Gasteiger partial charge in [0.2, 0.25) is 11.8 Å². The minimum atomic E-state index is -1.30. The standard InChI is InChI=1S/C29H24ClN3O3/c1-18-24-25(27(35)33(26(24)34)21-13-7-12-20(30)17-21)29(31-18)22-14-5-6-15-23(22)32(28(29)36)16-8-11-19-9-3-2-4-10-19/h2-15,17-18,24-25,31H,16H2,1H3/b11-8-/t18-,24-,25+,29-/m0/s1. The van der Waals surface area contributed by atoms with Crippen LogP contribution in [0.3, 0.4) is 0 Å². The zero-order valence-electron chi connectivity index (χ0n) is 19.6. The van der Waals surface area contributed by atoms with Gasteiger partial charge in [0.1, 0.15) is 5.54 Å². The highest BCUT2D eigenvalue weighted by Crippen LogP contribution is 2.55. The van der Waals surface area contributed by atoms with E-state index in [1.165, 1.54) is 4.90 Å². The molecule has 0 saturated carbocycles. The van der Waals surface area contributed by atoms with Crippen LogP contribution >= 0.6 is 11.6 Å². The van der Waals surface area contributed by atoms with Crippen LogP contribution in [0.4, 0.5) is 11.4 Å². The van der Waals surface area contributed by atoms with Gasteiger partial charge >= 0.3 is 0 Å². The Kier molecular flexibility index (Phi) is 5.32. The average molecular weight is 498 g/mol. The van der Waals surface area contributed by atoms with Gasteiger partial charge in [-0.1, -0.05) is 78.4 Å². The van der Waals surface area contributed by atoms with Crippen LogP contribution in [0.1, 0.15) is 18.1 Å². The van der Waals surface area contributed by atoms with E-state index in [0.717, 1.165) is 16.8 Å². The van der Waals surface area contributed by atoms with Crippen molar-refractivity contribution < 1.29 is 14.4 Å². The molecule has 2 fully saturated rings. The van der Waals surface area contributed by atoms with Crippen molar-refractivity contribution in [1.82, 2.24) is 5.32 Å². The molecule has 3 amide bonds. The Hall–Kier alpha value is -3.74. The van der Waals surface area contributed by atoms with Crippen molar-refractivity contribution in [3.63, 3.8) is 0 Å². The Morgan fingerprint density at radius 3 is 2.47 bits per heavy atom. The lowest BCUT2D eigenvalue weighted by Crippen LogP contribution is -2.55. The molecule has 3 heterocycles. The van der Waals surface area contributed by atoms with Crippen molar-refractivity contribution in [2.45, 2.75) is 18.5 Å². The van der Waals surface area contributed by atoms with Crippen LogP contribution in [0.2, 0.25) is 5.02 Å². The number of benzene rings is 3. The number of para-hydroxylation sites is 1. The fourth-order valence-corrected chi connectivity index (χ4v) is 6.20. The molecule has 7 heteroatoms. The number of imide groups is 1. The summed E-state index contributed by atoms with van der Waals surface area (Å²) < 4.78 is 0. The lowest BCUT2D eigenvalue weighted by molar-refractivity contribution is -0.132. The largest absolute Gasteiger partial charge is 0.306 e. The van der Waals surface area contributed by atoms with E-state index in [1.54, 1.807) is 29.2 Å². The number of amides is 3. The summed E-state index contributed by atoms with van der Waals surface area (Å²) >= 11 is 6.16. The van der Waals surface area contributed by atoms with Gasteiger partial charge in [-0.05, 0) is 36.8 Å². The molecule has 0 aromatic heterocycles. The first-order valence-corrected chi connectivity index (χ1v) is 12.4. The van der Waals surface area contributed by atoms with E-state index in [4.69, 9.17) is 11.6 Å². The summed E-state index contributed by atoms with van der Waals surface area (Å²) in [6.45, 7) is 2.22. The predicted molar refractivity (Wildman–Crippen MR) is 139 cm³/mol. The topological polar surface area (TPSA) is 69.7 Å². The second-order valence-electron chi connectivity index (χ2n) is 9.48. The summed E-state index contributed by atoms with van der Waals surface area (Å²) in [4.78, 5) is 44.6. The monoisotopic (exact) mass is 497 g/mol. The fraction of sp³-hybridized carbons (Fsp3) is 0.207. The molecule has 0 radical (unpaired) electrons. The number of carbonyl (C=O) groups is 3. The maximum absolute atomic E-state index is 14.2. The van der Waals surface area contributed by atoms with E-state index >= 15 is 0 Å². The van der Waals surface area contributed by atoms with E-state index in [-0.39, 0.29) is 23.8 Å². The summed E-state index contributed by atoms with van der Waals surface area (Å²) in [7, 11) is 0. The third-order valence-electron chi connectivity index (χ3n) is 7.48. The molecule has 6 rings (SSSR count). The molecule has 1 spiro atoms. The number of fused-ring (bicyclic) bond motifs is 4. The molecule has 3 aliphatic heterocycles. The third kappa shape index (κ3) is 3.18. The van der Waals surface area contributed by atoms with E-state index in [9.17, 15) is 14.4 Å². The van der Waals surface area contributed by atoms with Crippen molar-refractivity contribution in [2.75, 3.05) is 16.3 Å². The predicted octanol–water partition coefficient (Wildman–Crippen LogP) is 4.39. The van der Waals surface area contributed by atoms with Gasteiger partial charge in [-0.25, -0.2) is 4.90 Å². The van der Waals surface area contributed by atoms with Crippen LogP contribution in [-0.2, 0) is 19.9 Å². The molecule has 36 heavy (non-hydrogen) atoms. The first-order chi connectivity index (χ1) is 17.4. The molecular weight excluding hydrogens is 474 g/mol. The quantitative estimate of drug-likeness (QED) is 0.543. The highest BCUT2D eigenvalue weighted by Gasteiger charge is 2.71. The summed E-state index contributed by atoms with van der Waals surface area (Å²) in [5.74, 6) is -2.41. The van der Waals surface area contributed by atoms with Gasteiger partial charge in [0.15, 0.2) is 0 Å². The number of halogens is 1. The summed E-state index contributed by atoms with van der Waals surface area (Å²) in [6, 6.07) is 23.7. The number of hydrogen-bond acceptors (Lipinski definition) is 4. The average Bonchev–Trinajstić information content (AvgIpc) is 3.43. The van der Waals surface area contributed by atoms with Gasteiger partial charge in [-0.15, -0.1) is 0 Å². The third-order valence-corrected chi connectivity index (χ3v) is 7.71. The molecule has 180 valence electrons. The van der Waals surface area contributed by atoms with E-state index in [0.29, 0.717) is 17.3 Å². The molecule has 2 saturated heterocycles. The molecule has 1 N–H and O–H groups in total. The zero-order valence-corrected chi connectivity index (χ0v) is 20.4. The number of rotatable bonds is 4. The molecule has 0 bridgehead atoms. The number of anilines is 2. The Morgan fingerprint density at radius 2 is 1.69 bits per heavy atom. The molecule has 3 aromatic rings. The molecule has 0 aliphatic carbocycles. The smallest absolute Gasteiger partial charge is 0.253 e. The summed E-state index contributed by atoms with van der Waals surface area (Å²) in [5, 5.41) is 3.84. The Labute approximate surface area is 214 Å². The van der Waals surface area contributed by atoms with Crippen LogP contribution in [0, 0.1) is 11.8 Å². The van der Waals surface area contributed by atoms with Gasteiger partial charge in [0, 0.05) is 28.9 Å². The highest BCUT2D eigenvalue weighted by molar-refractivity contribution is 6.31. The van der Waals surface area contributed by atoms with Crippen LogP contribution in [0.25, 0.3) is 6.08 Å². The summed E-state index contributed by atoms with van der Waals surface area (Å²) in [6.07, 6.45) is 3.91. The Bertz CT molecular complexity index is 1420. The normalized spacial score (nSPS) is 26.9. The minimum absolute atomic E-state index is 0.213. The molecule has 4 atom stereocenters. The lowest BCUT2D eigenvalue weighted by atomic mass is 9.76. The number of nitrogens with zero attached hydrogens (tertiary/aromatic N) is 2. The van der Waals surface area contributed by atoms with Crippen molar-refractivity contribution in [1.29, 1.82) is 0 Å². The first-order valence-electron chi connectivity index (χ1n) is 12.0. The SMILES string of the molecule is C[C@@H]1N[C@]2(C(=O)N(C/C=C\c3ccccc3)c3ccccc32)[C@H]2C(=O)N(c3cccc(Cl)c3)C(=O)[C@@H]12. The second kappa shape index (κ2) is 8.43. The van der Waals surface area contributed by atoms with Crippen molar-refractivity contribution in [3.05, 3.63) is 101 Å². The maximum Gasteiger partial charge on any atom is 0.253 e. The van der Waals surface area contributed by atoms with Crippen LogP contribution < -0.4 is 15.1 Å². The van der Waals surface area contributed by atoms with Crippen molar-refractivity contribution in [3.8, 4) is 0 Å². The Morgan fingerprint density at radius 1 is 0.944 bits per heavy atom. The van der Waals surface area contributed by atoms with Gasteiger partial charge in [0.25, 0.3) is 5.91 Å². The molecular formula is C29H24ClN3O3. The first kappa shape index (κ1) is 22.7. The van der Waals surface area contributed by atoms with Crippen LogP contribution in [-0.4, -0.2) is 30.3 Å². The molecule has 6 nitrogen and oxygen atoms in total. The van der Waals surface area contributed by atoms with Gasteiger partial charge in [0.05, 0.1) is 17.5 Å². The van der Waals surface area contributed by atoms with E-state index in [2.05, 4.69) is 5.32 Å². The van der Waals surface area contributed by atoms with Crippen LogP contribution in [0.5, 0.6) is 0 Å². The number of carbonyl (C=O) groups excluding carboxylic acids is 3. The second-order valence-corrected chi connectivity index (χ2v) is 9.92. The van der Waals surface area contributed by atoms with Gasteiger partial charge in [-0.2, -0.15) is 0 Å². The minimum Gasteiger partial charge on any atom is -0.306 e. The van der Waals surface area contributed by atoms with Crippen molar-refractivity contribution in [2.24, 2.45) is 11.8 Å². The van der Waals surface area contributed by atoms with Crippen molar-refractivity contribution >= 4 is 46.8 Å². The fourth-order valence-electron chi connectivity index (χ4n) is 6.02. The number of hydrogen-bond donors (Lipinski definition) is 1. The molecule has 3 aromatic carbocycles. The van der Waals surface area contributed by atoms with Gasteiger partial charge in [-0.3, -0.25) is 19.7 Å². The zero-order chi connectivity index (χ0) is 25.0. The van der Waals surface area contributed by atoms with Crippen LogP contribution in [0.15, 0.2) is 84.9 Å².